The van der Waals surface area contributed by atoms with Crippen molar-refractivity contribution in [2.75, 3.05) is 0 Å². The Morgan fingerprint density at radius 2 is 1.16 bits per heavy atom. The van der Waals surface area contributed by atoms with Gasteiger partial charge >= 0.3 is 0 Å². The zero-order valence-corrected chi connectivity index (χ0v) is 19.8. The lowest BCUT2D eigenvalue weighted by Gasteiger charge is -2.15. The molecule has 0 saturated heterocycles. The SMILES string of the molecule is CCCCCCc1cc2ccc3c4c(ccc3c2cc1CCCCCC)=c1ccccc1=4. The standard InChI is InChI=1S/C32H36/c1-3-5-7-9-13-23-21-25-17-18-29-27(31(25)22-24(23)14-10-8-6-4-2)19-20-30-26-15-11-12-16-28(26)32(29)30/h11-12,15-22H,3-10,13-14H2,1-2H3. The van der Waals surface area contributed by atoms with E-state index >= 15 is 0 Å². The number of hydrogen-bond donors (Lipinski definition) is 0. The average Bonchev–Trinajstić information content (AvgIpc) is 2.82. The van der Waals surface area contributed by atoms with Crippen LogP contribution in [0.15, 0.2) is 60.7 Å². The lowest BCUT2D eigenvalue weighted by atomic mass is 9.89. The van der Waals surface area contributed by atoms with E-state index in [0.717, 1.165) is 0 Å². The molecular formula is C32H36. The summed E-state index contributed by atoms with van der Waals surface area (Å²) in [5.41, 5.74) is 3.19. The maximum Gasteiger partial charge on any atom is -0.00201 e. The van der Waals surface area contributed by atoms with E-state index in [1.54, 1.807) is 11.1 Å². The molecule has 0 saturated carbocycles. The first-order chi connectivity index (χ1) is 15.8. The Hall–Kier alpha value is -2.60. The fourth-order valence-corrected chi connectivity index (χ4v) is 5.62. The van der Waals surface area contributed by atoms with Crippen LogP contribution in [0.5, 0.6) is 0 Å². The summed E-state index contributed by atoms with van der Waals surface area (Å²) in [7, 11) is 0. The van der Waals surface area contributed by atoms with Gasteiger partial charge in [0.1, 0.15) is 0 Å². The lowest BCUT2D eigenvalue weighted by molar-refractivity contribution is 0.651. The van der Waals surface area contributed by atoms with Crippen molar-refractivity contribution in [3.05, 3.63) is 92.7 Å². The second-order valence-corrected chi connectivity index (χ2v) is 9.66. The highest BCUT2D eigenvalue weighted by Gasteiger charge is 2.11. The molecular weight excluding hydrogens is 384 g/mol. The van der Waals surface area contributed by atoms with Crippen molar-refractivity contribution in [3.63, 3.8) is 0 Å². The van der Waals surface area contributed by atoms with E-state index in [9.17, 15) is 0 Å². The van der Waals surface area contributed by atoms with E-state index in [0.29, 0.717) is 0 Å². The van der Waals surface area contributed by atoms with Gasteiger partial charge in [-0.15, -0.1) is 0 Å². The maximum absolute atomic E-state index is 2.55. The zero-order chi connectivity index (χ0) is 21.9. The van der Waals surface area contributed by atoms with Crippen molar-refractivity contribution in [2.45, 2.75) is 78.1 Å². The van der Waals surface area contributed by atoms with Crippen LogP contribution in [0.25, 0.3) is 21.5 Å². The van der Waals surface area contributed by atoms with Gasteiger partial charge in [0.15, 0.2) is 0 Å². The summed E-state index contributed by atoms with van der Waals surface area (Å²) in [5, 5.41) is 11.4. The fourth-order valence-electron chi connectivity index (χ4n) is 5.62. The largest absolute Gasteiger partial charge is 0.0654 e. The predicted octanol–water partition coefficient (Wildman–Crippen LogP) is 9.13. The molecule has 0 aliphatic heterocycles. The first-order valence-electron chi connectivity index (χ1n) is 12.9. The molecule has 0 bridgehead atoms. The highest BCUT2D eigenvalue weighted by molar-refractivity contribution is 6.08. The van der Waals surface area contributed by atoms with Gasteiger partial charge in [-0.2, -0.15) is 0 Å². The first kappa shape index (κ1) is 21.3. The topological polar surface area (TPSA) is 0 Å². The molecule has 0 heteroatoms. The van der Waals surface area contributed by atoms with Crippen LogP contribution in [0, 0.1) is 20.9 Å². The summed E-state index contributed by atoms with van der Waals surface area (Å²) in [6.07, 6.45) is 13.1. The Kier molecular flexibility index (Phi) is 6.30. The van der Waals surface area contributed by atoms with Gasteiger partial charge in [-0.3, -0.25) is 0 Å². The molecule has 0 amide bonds. The maximum atomic E-state index is 2.55. The van der Waals surface area contributed by atoms with E-state index in [-0.39, 0.29) is 0 Å². The minimum Gasteiger partial charge on any atom is -0.0654 e. The van der Waals surface area contributed by atoms with E-state index in [1.165, 1.54) is 107 Å². The zero-order valence-electron chi connectivity index (χ0n) is 19.8. The van der Waals surface area contributed by atoms with Crippen LogP contribution >= 0.6 is 0 Å². The summed E-state index contributed by atoms with van der Waals surface area (Å²) in [4.78, 5) is 0. The average molecular weight is 421 g/mol. The molecule has 0 fully saturated rings. The van der Waals surface area contributed by atoms with E-state index in [2.05, 4.69) is 74.5 Å². The second-order valence-electron chi connectivity index (χ2n) is 9.66. The monoisotopic (exact) mass is 420 g/mol. The van der Waals surface area contributed by atoms with Crippen LogP contribution < -0.4 is 0 Å². The van der Waals surface area contributed by atoms with E-state index < -0.39 is 0 Å². The lowest BCUT2D eigenvalue weighted by Crippen LogP contribution is -1.98. The highest BCUT2D eigenvalue weighted by atomic mass is 14.2. The summed E-state index contributed by atoms with van der Waals surface area (Å²) in [6, 6.07) is 23.4. The quantitative estimate of drug-likeness (QED) is 0.156. The molecule has 0 spiro atoms. The molecule has 32 heavy (non-hydrogen) atoms. The second kappa shape index (κ2) is 9.49. The predicted molar refractivity (Wildman–Crippen MR) is 139 cm³/mol. The number of fused-ring (bicyclic) bond motifs is 6. The molecule has 0 atom stereocenters. The minimum absolute atomic E-state index is 1.23. The van der Waals surface area contributed by atoms with Gasteiger partial charge in [-0.25, -0.2) is 0 Å². The van der Waals surface area contributed by atoms with Gasteiger partial charge < -0.3 is 0 Å². The fraction of sp³-hybridized carbons (Fsp3) is 0.375. The molecule has 0 heterocycles. The Balaban J connectivity index is 1.60. The van der Waals surface area contributed by atoms with Gasteiger partial charge in [0.25, 0.3) is 0 Å². The molecule has 4 aromatic rings. The van der Waals surface area contributed by atoms with Crippen LogP contribution in [0.2, 0.25) is 0 Å². The molecule has 1 aliphatic rings. The van der Waals surface area contributed by atoms with Gasteiger partial charge in [-0.1, -0.05) is 113 Å². The van der Waals surface area contributed by atoms with Crippen molar-refractivity contribution >= 4 is 21.5 Å². The third-order valence-corrected chi connectivity index (χ3v) is 7.42. The molecule has 164 valence electrons. The number of unbranched alkanes of at least 4 members (excludes halogenated alkanes) is 6. The van der Waals surface area contributed by atoms with Crippen LogP contribution in [0.3, 0.4) is 0 Å². The summed E-state index contributed by atoms with van der Waals surface area (Å²) >= 11 is 0. The van der Waals surface area contributed by atoms with Crippen LogP contribution in [-0.2, 0) is 12.8 Å². The molecule has 0 nitrogen and oxygen atoms in total. The normalized spacial score (nSPS) is 12.1. The molecule has 0 radical (unpaired) electrons. The van der Waals surface area contributed by atoms with Gasteiger partial charge in [0, 0.05) is 0 Å². The van der Waals surface area contributed by atoms with Gasteiger partial charge in [0.2, 0.25) is 0 Å². The van der Waals surface area contributed by atoms with Crippen molar-refractivity contribution in [3.8, 4) is 0 Å². The summed E-state index contributed by atoms with van der Waals surface area (Å²) in [5.74, 6) is 0. The molecule has 5 rings (SSSR count). The highest BCUT2D eigenvalue weighted by Crippen LogP contribution is 2.32. The molecule has 0 unspecified atom stereocenters. The molecule has 4 aromatic carbocycles. The number of rotatable bonds is 10. The first-order valence-corrected chi connectivity index (χ1v) is 12.9. The van der Waals surface area contributed by atoms with Crippen LogP contribution in [0.1, 0.15) is 76.3 Å². The van der Waals surface area contributed by atoms with Crippen LogP contribution in [0.4, 0.5) is 0 Å². The molecule has 0 aromatic heterocycles. The van der Waals surface area contributed by atoms with Gasteiger partial charge in [-0.05, 0) is 79.2 Å². The van der Waals surface area contributed by atoms with Crippen molar-refractivity contribution in [1.29, 1.82) is 0 Å². The Bertz CT molecular complexity index is 1440. The van der Waals surface area contributed by atoms with Gasteiger partial charge in [0.05, 0.1) is 0 Å². The molecule has 0 N–H and O–H groups in total. The Morgan fingerprint density at radius 1 is 0.500 bits per heavy atom. The number of benzene rings is 4. The Morgan fingerprint density at radius 3 is 1.88 bits per heavy atom. The van der Waals surface area contributed by atoms with Crippen LogP contribution in [-0.4, -0.2) is 0 Å². The minimum atomic E-state index is 1.23. The van der Waals surface area contributed by atoms with E-state index in [1.807, 2.05) is 0 Å². The van der Waals surface area contributed by atoms with Crippen molar-refractivity contribution in [2.24, 2.45) is 0 Å². The third-order valence-electron chi connectivity index (χ3n) is 7.42. The smallest absolute Gasteiger partial charge is 0.00201 e. The van der Waals surface area contributed by atoms with E-state index in [4.69, 9.17) is 0 Å². The number of aryl methyl sites for hydroxylation is 2. The summed E-state index contributed by atoms with van der Waals surface area (Å²) in [6.45, 7) is 4.60. The molecule has 1 aliphatic carbocycles. The number of hydrogen-bond acceptors (Lipinski definition) is 0. The van der Waals surface area contributed by atoms with Crippen molar-refractivity contribution in [1.82, 2.24) is 0 Å². The Labute approximate surface area is 192 Å². The third kappa shape index (κ3) is 3.85. The summed E-state index contributed by atoms with van der Waals surface area (Å²) < 4.78 is 0. The van der Waals surface area contributed by atoms with Crippen molar-refractivity contribution < 1.29 is 0 Å².